The van der Waals surface area contributed by atoms with E-state index < -0.39 is 10.2 Å². The number of hydrogen-bond donors (Lipinski definition) is 1. The minimum Gasteiger partial charge on any atom is -0.198 e. The molecular weight excluding hydrogens is 284 g/mol. The highest BCUT2D eigenvalue weighted by molar-refractivity contribution is 7.87. The summed E-state index contributed by atoms with van der Waals surface area (Å²) in [7, 11) is -3.41. The molecule has 0 radical (unpaired) electrons. The quantitative estimate of drug-likeness (QED) is 0.794. The van der Waals surface area contributed by atoms with Gasteiger partial charge in [-0.15, -0.1) is 11.6 Å². The second kappa shape index (κ2) is 6.74. The van der Waals surface area contributed by atoms with Crippen LogP contribution in [0.1, 0.15) is 53.4 Å². The van der Waals surface area contributed by atoms with Crippen molar-refractivity contribution in [3.63, 3.8) is 0 Å². The summed E-state index contributed by atoms with van der Waals surface area (Å²) in [6.07, 6.45) is 3.64. The lowest BCUT2D eigenvalue weighted by molar-refractivity contribution is 0.247. The lowest BCUT2D eigenvalue weighted by atomic mass is 9.86. The molecule has 0 aromatic carbocycles. The van der Waals surface area contributed by atoms with Crippen molar-refractivity contribution in [1.82, 2.24) is 9.03 Å². The van der Waals surface area contributed by atoms with Crippen molar-refractivity contribution in [1.29, 1.82) is 0 Å². The topological polar surface area (TPSA) is 49.4 Å². The Hall–Kier alpha value is 0.160. The van der Waals surface area contributed by atoms with E-state index in [1.807, 2.05) is 27.7 Å². The number of piperidine rings is 1. The predicted octanol–water partition coefficient (Wildman–Crippen LogP) is 2.74. The highest BCUT2D eigenvalue weighted by atomic mass is 35.5. The van der Waals surface area contributed by atoms with Crippen LogP contribution in [0, 0.1) is 5.41 Å². The van der Waals surface area contributed by atoms with E-state index in [2.05, 4.69) is 4.72 Å². The lowest BCUT2D eigenvalue weighted by Gasteiger charge is -2.37. The summed E-state index contributed by atoms with van der Waals surface area (Å²) in [6, 6.07) is -0.0491. The Kier molecular flexibility index (Phi) is 6.11. The molecule has 1 N–H and O–H groups in total. The molecule has 6 heteroatoms. The summed E-state index contributed by atoms with van der Waals surface area (Å²) in [5.41, 5.74) is -0.138. The molecule has 0 aromatic rings. The first-order valence-electron chi connectivity index (χ1n) is 7.03. The fraction of sp³-hybridized carbons (Fsp3) is 1.00. The maximum absolute atomic E-state index is 12.5. The Morgan fingerprint density at radius 3 is 2.47 bits per heavy atom. The van der Waals surface area contributed by atoms with Crippen LogP contribution < -0.4 is 4.72 Å². The number of alkyl halides is 1. The number of nitrogens with one attached hydrogen (secondary N) is 1. The van der Waals surface area contributed by atoms with Gasteiger partial charge in [-0.25, -0.2) is 0 Å². The largest absolute Gasteiger partial charge is 0.279 e. The molecule has 2 atom stereocenters. The van der Waals surface area contributed by atoms with Crippen molar-refractivity contribution in [3.05, 3.63) is 0 Å². The maximum Gasteiger partial charge on any atom is 0.279 e. The van der Waals surface area contributed by atoms with Crippen molar-refractivity contribution in [2.75, 3.05) is 12.4 Å². The normalized spacial score (nSPS) is 24.4. The van der Waals surface area contributed by atoms with Gasteiger partial charge < -0.3 is 0 Å². The minimum absolute atomic E-state index is 0.0860. The highest BCUT2D eigenvalue weighted by Gasteiger charge is 2.34. The van der Waals surface area contributed by atoms with Crippen molar-refractivity contribution in [3.8, 4) is 0 Å². The molecule has 114 valence electrons. The van der Waals surface area contributed by atoms with Crippen LogP contribution in [-0.4, -0.2) is 37.2 Å². The van der Waals surface area contributed by atoms with Gasteiger partial charge in [0, 0.05) is 24.5 Å². The molecule has 1 fully saturated rings. The Bertz CT molecular complexity index is 379. The summed E-state index contributed by atoms with van der Waals surface area (Å²) < 4.78 is 29.4. The number of rotatable bonds is 5. The van der Waals surface area contributed by atoms with Gasteiger partial charge in [-0.3, -0.25) is 0 Å². The fourth-order valence-corrected chi connectivity index (χ4v) is 4.59. The van der Waals surface area contributed by atoms with E-state index in [9.17, 15) is 8.42 Å². The molecular formula is C13H27ClN2O2S. The molecule has 0 aliphatic carbocycles. The van der Waals surface area contributed by atoms with Gasteiger partial charge in [0.1, 0.15) is 0 Å². The van der Waals surface area contributed by atoms with Crippen LogP contribution in [0.3, 0.4) is 0 Å². The van der Waals surface area contributed by atoms with E-state index in [0.717, 1.165) is 19.3 Å². The number of hydrogen-bond acceptors (Lipinski definition) is 2. The Balaban J connectivity index is 2.81. The van der Waals surface area contributed by atoms with Gasteiger partial charge in [0.15, 0.2) is 0 Å². The third kappa shape index (κ3) is 4.88. The number of nitrogens with zero attached hydrogens (tertiary/aromatic N) is 1. The zero-order chi connectivity index (χ0) is 14.7. The standard InChI is InChI=1S/C13H27ClN2O2S/c1-11-7-5-6-10-16(11)19(17,18)15-12(8-9-14)13(2,3)4/h11-12,15H,5-10H2,1-4H3. The van der Waals surface area contributed by atoms with Crippen molar-refractivity contribution >= 4 is 21.8 Å². The van der Waals surface area contributed by atoms with E-state index in [-0.39, 0.29) is 17.5 Å². The first-order valence-corrected chi connectivity index (χ1v) is 9.01. The van der Waals surface area contributed by atoms with Gasteiger partial charge in [-0.2, -0.15) is 17.4 Å². The smallest absolute Gasteiger partial charge is 0.198 e. The average molecular weight is 311 g/mol. The Morgan fingerprint density at radius 2 is 2.00 bits per heavy atom. The van der Waals surface area contributed by atoms with Gasteiger partial charge in [0.05, 0.1) is 0 Å². The van der Waals surface area contributed by atoms with Crippen molar-refractivity contribution in [2.24, 2.45) is 5.41 Å². The molecule has 1 aliphatic rings. The van der Waals surface area contributed by atoms with E-state index in [1.54, 1.807) is 4.31 Å². The molecule has 1 saturated heterocycles. The maximum atomic E-state index is 12.5. The van der Waals surface area contributed by atoms with Crippen molar-refractivity contribution < 1.29 is 8.42 Å². The summed E-state index contributed by atoms with van der Waals surface area (Å²) in [5, 5.41) is 0. The van der Waals surface area contributed by atoms with Crippen LogP contribution in [0.5, 0.6) is 0 Å². The first-order chi connectivity index (χ1) is 8.68. The molecule has 1 aliphatic heterocycles. The zero-order valence-corrected chi connectivity index (χ0v) is 14.0. The van der Waals surface area contributed by atoms with E-state index in [1.165, 1.54) is 0 Å². The van der Waals surface area contributed by atoms with Crippen LogP contribution in [0.4, 0.5) is 0 Å². The minimum atomic E-state index is -3.41. The molecule has 0 amide bonds. The Morgan fingerprint density at radius 1 is 1.37 bits per heavy atom. The monoisotopic (exact) mass is 310 g/mol. The molecule has 2 unspecified atom stereocenters. The molecule has 0 bridgehead atoms. The zero-order valence-electron chi connectivity index (χ0n) is 12.4. The lowest BCUT2D eigenvalue weighted by Crippen LogP contribution is -2.53. The average Bonchev–Trinajstić information content (AvgIpc) is 2.27. The third-order valence-electron chi connectivity index (χ3n) is 3.79. The summed E-state index contributed by atoms with van der Waals surface area (Å²) in [6.45, 7) is 8.70. The van der Waals surface area contributed by atoms with Crippen molar-refractivity contribution in [2.45, 2.75) is 65.5 Å². The molecule has 4 nitrogen and oxygen atoms in total. The van der Waals surface area contributed by atoms with E-state index >= 15 is 0 Å². The highest BCUT2D eigenvalue weighted by Crippen LogP contribution is 2.25. The molecule has 0 saturated carbocycles. The van der Waals surface area contributed by atoms with Crippen LogP contribution in [0.15, 0.2) is 0 Å². The molecule has 1 rings (SSSR count). The predicted molar refractivity (Wildman–Crippen MR) is 80.7 cm³/mol. The van der Waals surface area contributed by atoms with Gasteiger partial charge in [0.25, 0.3) is 10.2 Å². The fourth-order valence-electron chi connectivity index (χ4n) is 2.45. The van der Waals surface area contributed by atoms with Gasteiger partial charge in [-0.1, -0.05) is 27.2 Å². The second-order valence-corrected chi connectivity index (χ2v) is 8.51. The summed E-state index contributed by atoms with van der Waals surface area (Å²) in [5.74, 6) is 0.458. The van der Waals surface area contributed by atoms with Crippen LogP contribution in [0.2, 0.25) is 0 Å². The number of halogens is 1. The van der Waals surface area contributed by atoms with Gasteiger partial charge in [-0.05, 0) is 31.6 Å². The third-order valence-corrected chi connectivity index (χ3v) is 5.75. The summed E-state index contributed by atoms with van der Waals surface area (Å²) >= 11 is 5.80. The molecule has 0 aromatic heterocycles. The van der Waals surface area contributed by atoms with Gasteiger partial charge >= 0.3 is 0 Å². The summed E-state index contributed by atoms with van der Waals surface area (Å²) in [4.78, 5) is 0. The van der Waals surface area contributed by atoms with Crippen LogP contribution in [0.25, 0.3) is 0 Å². The molecule has 19 heavy (non-hydrogen) atoms. The molecule has 0 spiro atoms. The molecule has 1 heterocycles. The first kappa shape index (κ1) is 17.2. The van der Waals surface area contributed by atoms with Gasteiger partial charge in [0.2, 0.25) is 0 Å². The van der Waals surface area contributed by atoms with Crippen LogP contribution >= 0.6 is 11.6 Å². The van der Waals surface area contributed by atoms with E-state index in [4.69, 9.17) is 11.6 Å². The Labute approximate surface area is 123 Å². The van der Waals surface area contributed by atoms with E-state index in [0.29, 0.717) is 18.8 Å². The van der Waals surface area contributed by atoms with Crippen LogP contribution in [-0.2, 0) is 10.2 Å². The SMILES string of the molecule is CC1CCCCN1S(=O)(=O)NC(CCCl)C(C)(C)C. The second-order valence-electron chi connectivity index (χ2n) is 6.47.